The molecule has 0 heterocycles. The molecule has 0 spiro atoms. The summed E-state index contributed by atoms with van der Waals surface area (Å²) >= 11 is 5.78. The molecule has 0 saturated heterocycles. The van der Waals surface area contributed by atoms with Crippen molar-refractivity contribution in [2.45, 2.75) is 12.5 Å². The first-order valence-corrected chi connectivity index (χ1v) is 7.36. The summed E-state index contributed by atoms with van der Waals surface area (Å²) in [6.07, 6.45) is 1.82. The predicted molar refractivity (Wildman–Crippen MR) is 61.1 cm³/mol. The highest BCUT2D eigenvalue weighted by Crippen LogP contribution is 2.15. The molecule has 0 saturated carbocycles. The van der Waals surface area contributed by atoms with Crippen LogP contribution < -0.4 is 0 Å². The Kier molecular flexibility index (Phi) is 7.68. The maximum absolute atomic E-state index is 10.7. The van der Waals surface area contributed by atoms with E-state index in [1.807, 2.05) is 0 Å². The Morgan fingerprint density at radius 3 is 2.47 bits per heavy atom. The Morgan fingerprint density at radius 1 is 1.47 bits per heavy atom. The van der Waals surface area contributed by atoms with Gasteiger partial charge in [0.25, 0.3) is 0 Å². The van der Waals surface area contributed by atoms with Crippen molar-refractivity contribution in [3.63, 3.8) is 0 Å². The fourth-order valence-electron chi connectivity index (χ4n) is 1.04. The number of esters is 1. The quantitative estimate of drug-likeness (QED) is 0.217. The third kappa shape index (κ3) is 5.32. The van der Waals surface area contributed by atoms with Crippen LogP contribution in [0.5, 0.6) is 0 Å². The molecule has 0 N–H and O–H groups in total. The van der Waals surface area contributed by atoms with Crippen LogP contribution >= 0.6 is 11.6 Å². The molecule has 0 aromatic rings. The topological polar surface area (TPSA) is 44.8 Å². The predicted octanol–water partition coefficient (Wildman–Crippen LogP) is 1.62. The number of carbonyl (C=O) groups is 1. The number of hydrogen-bond donors (Lipinski definition) is 0. The molecule has 0 aliphatic carbocycles. The highest BCUT2D eigenvalue weighted by atomic mass is 35.5. The molecule has 0 bridgehead atoms. The van der Waals surface area contributed by atoms with Gasteiger partial charge in [-0.3, -0.25) is 0 Å². The minimum Gasteiger partial charge on any atom is -0.463 e. The molecule has 0 aliphatic rings. The van der Waals surface area contributed by atoms with Crippen molar-refractivity contribution in [3.8, 4) is 0 Å². The fraction of sp³-hybridized carbons (Fsp3) is 0.667. The number of alkyl halides is 1. The lowest BCUT2D eigenvalue weighted by molar-refractivity contribution is -0.137. The molecular weight excluding hydrogens is 236 g/mol. The molecule has 6 heteroatoms. The van der Waals surface area contributed by atoms with Gasteiger partial charge in [-0.1, -0.05) is 6.58 Å². The number of hydrogen-bond acceptors (Lipinski definition) is 4. The van der Waals surface area contributed by atoms with Crippen LogP contribution in [0.3, 0.4) is 0 Å². The fourth-order valence-corrected chi connectivity index (χ4v) is 3.70. The van der Waals surface area contributed by atoms with E-state index in [0.29, 0.717) is 24.6 Å². The summed E-state index contributed by atoms with van der Waals surface area (Å²) in [5.74, 6) is -0.414. The molecule has 0 unspecified atom stereocenters. The molecular formula is C9H17ClO4Si. The number of ether oxygens (including phenoxy) is 1. The van der Waals surface area contributed by atoms with Crippen LogP contribution in [-0.4, -0.2) is 40.9 Å². The second-order valence-corrected chi connectivity index (χ2v) is 7.13. The minimum absolute atomic E-state index is 0.337. The van der Waals surface area contributed by atoms with E-state index in [1.165, 1.54) is 0 Å². The zero-order valence-electron chi connectivity index (χ0n) is 9.12. The van der Waals surface area contributed by atoms with Crippen molar-refractivity contribution in [1.29, 1.82) is 0 Å². The van der Waals surface area contributed by atoms with Gasteiger partial charge in [-0.2, -0.15) is 0 Å². The maximum Gasteiger partial charge on any atom is 0.352 e. The van der Waals surface area contributed by atoms with Gasteiger partial charge in [0.15, 0.2) is 0 Å². The molecule has 0 fully saturated rings. The Balaban J connectivity index is 3.81. The first-order chi connectivity index (χ1) is 7.14. The van der Waals surface area contributed by atoms with Crippen molar-refractivity contribution < 1.29 is 18.4 Å². The minimum atomic E-state index is -2.25. The lowest BCUT2D eigenvalue weighted by atomic mass is 10.5. The summed E-state index contributed by atoms with van der Waals surface area (Å²) in [6, 6.07) is 0.702. The smallest absolute Gasteiger partial charge is 0.352 e. The molecule has 0 aromatic heterocycles. The first kappa shape index (κ1) is 14.6. The van der Waals surface area contributed by atoms with Crippen molar-refractivity contribution in [2.75, 3.05) is 26.3 Å². The van der Waals surface area contributed by atoms with Crippen LogP contribution in [0.4, 0.5) is 0 Å². The molecule has 0 rings (SSSR count). The average Bonchev–Trinajstić information content (AvgIpc) is 2.30. The molecule has 0 atom stereocenters. The van der Waals surface area contributed by atoms with Gasteiger partial charge >= 0.3 is 14.5 Å². The van der Waals surface area contributed by atoms with Gasteiger partial charge in [-0.15, -0.1) is 11.6 Å². The lowest BCUT2D eigenvalue weighted by Crippen LogP contribution is -2.42. The van der Waals surface area contributed by atoms with Gasteiger partial charge in [0.05, 0.1) is 12.1 Å². The first-order valence-electron chi connectivity index (χ1n) is 4.59. The van der Waals surface area contributed by atoms with E-state index in [4.69, 9.17) is 25.2 Å². The van der Waals surface area contributed by atoms with Crippen LogP contribution in [0.25, 0.3) is 0 Å². The number of carbonyl (C=O) groups excluding carboxylic acids is 1. The molecule has 0 aromatic carbocycles. The largest absolute Gasteiger partial charge is 0.463 e. The van der Waals surface area contributed by atoms with E-state index in [2.05, 4.69) is 6.58 Å². The Labute approximate surface area is 96.4 Å². The number of halogens is 1. The van der Waals surface area contributed by atoms with Crippen molar-refractivity contribution in [3.05, 3.63) is 12.7 Å². The lowest BCUT2D eigenvalue weighted by Gasteiger charge is -2.24. The third-order valence-electron chi connectivity index (χ3n) is 2.06. The summed E-state index contributed by atoms with van der Waals surface area (Å²) in [4.78, 5) is 10.7. The van der Waals surface area contributed by atoms with Crippen LogP contribution in [-0.2, 0) is 18.4 Å². The van der Waals surface area contributed by atoms with Crippen LogP contribution in [0.1, 0.15) is 6.42 Å². The molecule has 4 nitrogen and oxygen atoms in total. The van der Waals surface area contributed by atoms with Crippen LogP contribution in [0.2, 0.25) is 6.04 Å². The standard InChI is InChI=1S/C9H17ClO4Si/c1-4-9(11)14-6-5-7-15(8-10,12-2)13-3/h4H,1,5-8H2,2-3H3. The summed E-state index contributed by atoms with van der Waals surface area (Å²) in [5.41, 5.74) is 0.370. The summed E-state index contributed by atoms with van der Waals surface area (Å²) in [7, 11) is 0.931. The van der Waals surface area contributed by atoms with Gasteiger partial charge in [-0.05, 0) is 12.5 Å². The van der Waals surface area contributed by atoms with E-state index < -0.39 is 14.5 Å². The maximum atomic E-state index is 10.7. The second-order valence-electron chi connectivity index (χ2n) is 2.93. The van der Waals surface area contributed by atoms with Crippen molar-refractivity contribution >= 4 is 26.1 Å². The van der Waals surface area contributed by atoms with E-state index in [1.54, 1.807) is 14.2 Å². The second kappa shape index (κ2) is 7.87. The third-order valence-corrected chi connectivity index (χ3v) is 6.29. The van der Waals surface area contributed by atoms with E-state index in [0.717, 1.165) is 6.08 Å². The van der Waals surface area contributed by atoms with E-state index in [-0.39, 0.29) is 0 Å². The summed E-state index contributed by atoms with van der Waals surface area (Å²) < 4.78 is 15.4. The summed E-state index contributed by atoms with van der Waals surface area (Å²) in [5, 5.41) is 0. The van der Waals surface area contributed by atoms with Gasteiger partial charge in [0, 0.05) is 20.3 Å². The number of rotatable bonds is 8. The molecule has 0 aliphatic heterocycles. The SMILES string of the molecule is C=CC(=O)OCCC[Si](CCl)(OC)OC. The molecule has 0 radical (unpaired) electrons. The van der Waals surface area contributed by atoms with E-state index in [9.17, 15) is 4.79 Å². The summed E-state index contributed by atoms with van der Waals surface area (Å²) in [6.45, 7) is 3.64. The zero-order chi connectivity index (χ0) is 11.7. The molecule has 0 amide bonds. The average molecular weight is 253 g/mol. The monoisotopic (exact) mass is 252 g/mol. The van der Waals surface area contributed by atoms with Crippen molar-refractivity contribution in [2.24, 2.45) is 0 Å². The highest BCUT2D eigenvalue weighted by Gasteiger charge is 2.33. The van der Waals surface area contributed by atoms with Crippen molar-refractivity contribution in [1.82, 2.24) is 0 Å². The van der Waals surface area contributed by atoms with Gasteiger partial charge in [-0.25, -0.2) is 4.79 Å². The van der Waals surface area contributed by atoms with Gasteiger partial charge in [0.2, 0.25) is 0 Å². The normalized spacial score (nSPS) is 11.1. The van der Waals surface area contributed by atoms with E-state index >= 15 is 0 Å². The Bertz CT molecular complexity index is 198. The zero-order valence-corrected chi connectivity index (χ0v) is 10.9. The molecule has 88 valence electrons. The van der Waals surface area contributed by atoms with Gasteiger partial charge < -0.3 is 13.6 Å². The Hall–Kier alpha value is -0.363. The van der Waals surface area contributed by atoms with Crippen LogP contribution in [0.15, 0.2) is 12.7 Å². The highest BCUT2D eigenvalue weighted by molar-refractivity contribution is 6.74. The van der Waals surface area contributed by atoms with Gasteiger partial charge in [0.1, 0.15) is 0 Å². The van der Waals surface area contributed by atoms with Crippen LogP contribution in [0, 0.1) is 0 Å². The molecule has 15 heavy (non-hydrogen) atoms. The Morgan fingerprint density at radius 2 is 2.07 bits per heavy atom.